The minimum Gasteiger partial charge on any atom is -0.354 e. The molecule has 2 rings (SSSR count). The van der Waals surface area contributed by atoms with Crippen LogP contribution in [-0.4, -0.2) is 35.6 Å². The first-order valence-electron chi connectivity index (χ1n) is 6.45. The van der Waals surface area contributed by atoms with Crippen LogP contribution in [-0.2, 0) is 0 Å². The molecule has 106 valence electrons. The topological polar surface area (TPSA) is 53.9 Å². The van der Waals surface area contributed by atoms with Crippen LogP contribution in [0, 0.1) is 12.7 Å². The van der Waals surface area contributed by atoms with Gasteiger partial charge >= 0.3 is 0 Å². The van der Waals surface area contributed by atoms with Gasteiger partial charge in [0.2, 0.25) is 11.9 Å². The second kappa shape index (κ2) is 5.81. The number of hydrogen-bond acceptors (Lipinski definition) is 5. The number of nitrogens with one attached hydrogen (secondary N) is 1. The molecule has 20 heavy (non-hydrogen) atoms. The second-order valence-corrected chi connectivity index (χ2v) is 4.69. The molecular weight excluding hydrogens is 257 g/mol. The normalized spacial score (nSPS) is 10.4. The van der Waals surface area contributed by atoms with Crippen LogP contribution in [0.5, 0.6) is 0 Å². The predicted molar refractivity (Wildman–Crippen MR) is 78.4 cm³/mol. The standard InChI is InChI=1S/C14H18FN5/c1-5-16-13-17-12(18-14(19-13)20(3)4)10-8-9(2)6-7-11(10)15/h6-8H,5H2,1-4H3,(H,16,17,18,19). The van der Waals surface area contributed by atoms with Crippen LogP contribution in [0.1, 0.15) is 12.5 Å². The van der Waals surface area contributed by atoms with Gasteiger partial charge in [0.05, 0.1) is 5.56 Å². The summed E-state index contributed by atoms with van der Waals surface area (Å²) in [7, 11) is 3.67. The molecule has 1 N–H and O–H groups in total. The number of halogens is 1. The lowest BCUT2D eigenvalue weighted by molar-refractivity contribution is 0.629. The molecule has 0 aliphatic rings. The number of aromatic nitrogens is 3. The molecule has 6 heteroatoms. The third-order valence-electron chi connectivity index (χ3n) is 2.72. The largest absolute Gasteiger partial charge is 0.354 e. The van der Waals surface area contributed by atoms with Gasteiger partial charge in [-0.3, -0.25) is 0 Å². The molecule has 0 aliphatic carbocycles. The Bertz CT molecular complexity index is 613. The van der Waals surface area contributed by atoms with Crippen LogP contribution in [0.2, 0.25) is 0 Å². The van der Waals surface area contributed by atoms with Crippen molar-refractivity contribution >= 4 is 11.9 Å². The molecule has 0 saturated heterocycles. The van der Waals surface area contributed by atoms with E-state index >= 15 is 0 Å². The van der Waals surface area contributed by atoms with Gasteiger partial charge in [-0.1, -0.05) is 11.6 Å². The average Bonchev–Trinajstić information content (AvgIpc) is 2.41. The SMILES string of the molecule is CCNc1nc(-c2cc(C)ccc2F)nc(N(C)C)n1. The van der Waals surface area contributed by atoms with Crippen LogP contribution in [0.4, 0.5) is 16.3 Å². The molecule has 2 aromatic rings. The molecule has 1 heterocycles. The zero-order chi connectivity index (χ0) is 14.7. The van der Waals surface area contributed by atoms with Gasteiger partial charge in [0.25, 0.3) is 0 Å². The zero-order valence-corrected chi connectivity index (χ0v) is 12.1. The fraction of sp³-hybridized carbons (Fsp3) is 0.357. The molecule has 5 nitrogen and oxygen atoms in total. The molecule has 0 spiro atoms. The summed E-state index contributed by atoms with van der Waals surface area (Å²) in [5.74, 6) is 0.934. The highest BCUT2D eigenvalue weighted by Crippen LogP contribution is 2.23. The highest BCUT2D eigenvalue weighted by Gasteiger charge is 2.13. The number of hydrogen-bond donors (Lipinski definition) is 1. The quantitative estimate of drug-likeness (QED) is 0.929. The van der Waals surface area contributed by atoms with E-state index in [2.05, 4.69) is 20.3 Å². The summed E-state index contributed by atoms with van der Waals surface area (Å²) >= 11 is 0. The highest BCUT2D eigenvalue weighted by molar-refractivity contribution is 5.60. The third-order valence-corrected chi connectivity index (χ3v) is 2.72. The Hall–Kier alpha value is -2.24. The van der Waals surface area contributed by atoms with E-state index in [1.807, 2.05) is 27.9 Å². The van der Waals surface area contributed by atoms with Crippen molar-refractivity contribution in [2.24, 2.45) is 0 Å². The van der Waals surface area contributed by atoms with Crippen molar-refractivity contribution in [2.75, 3.05) is 30.9 Å². The molecule has 0 aliphatic heterocycles. The molecule has 0 amide bonds. The first-order chi connectivity index (χ1) is 9.51. The van der Waals surface area contributed by atoms with Crippen molar-refractivity contribution in [3.8, 4) is 11.4 Å². The molecule has 0 unspecified atom stereocenters. The van der Waals surface area contributed by atoms with E-state index in [4.69, 9.17) is 0 Å². The Morgan fingerprint density at radius 1 is 1.20 bits per heavy atom. The summed E-state index contributed by atoms with van der Waals surface area (Å²) in [6.07, 6.45) is 0. The smallest absolute Gasteiger partial charge is 0.230 e. The van der Waals surface area contributed by atoms with Crippen molar-refractivity contribution in [2.45, 2.75) is 13.8 Å². The van der Waals surface area contributed by atoms with Crippen molar-refractivity contribution in [1.82, 2.24) is 15.0 Å². The van der Waals surface area contributed by atoms with Gasteiger partial charge in [0, 0.05) is 20.6 Å². The lowest BCUT2D eigenvalue weighted by Crippen LogP contribution is -2.16. The number of aryl methyl sites for hydroxylation is 1. The second-order valence-electron chi connectivity index (χ2n) is 4.69. The predicted octanol–water partition coefficient (Wildman–Crippen LogP) is 2.48. The number of nitrogens with zero attached hydrogens (tertiary/aromatic N) is 4. The first-order valence-corrected chi connectivity index (χ1v) is 6.45. The third kappa shape index (κ3) is 3.01. The monoisotopic (exact) mass is 275 g/mol. The van der Waals surface area contributed by atoms with E-state index in [9.17, 15) is 4.39 Å². The minimum atomic E-state index is -0.339. The van der Waals surface area contributed by atoms with Gasteiger partial charge in [-0.15, -0.1) is 0 Å². The Kier molecular flexibility index (Phi) is 4.12. The van der Waals surface area contributed by atoms with Crippen molar-refractivity contribution in [3.63, 3.8) is 0 Å². The maximum Gasteiger partial charge on any atom is 0.230 e. The van der Waals surface area contributed by atoms with Gasteiger partial charge in [0.15, 0.2) is 5.82 Å². The summed E-state index contributed by atoms with van der Waals surface area (Å²) in [6.45, 7) is 4.54. The lowest BCUT2D eigenvalue weighted by atomic mass is 10.1. The van der Waals surface area contributed by atoms with Gasteiger partial charge in [-0.2, -0.15) is 15.0 Å². The van der Waals surface area contributed by atoms with Gasteiger partial charge in [0.1, 0.15) is 5.82 Å². The Morgan fingerprint density at radius 3 is 2.60 bits per heavy atom. The van der Waals surface area contributed by atoms with Crippen LogP contribution in [0.15, 0.2) is 18.2 Å². The van der Waals surface area contributed by atoms with Crippen molar-refractivity contribution in [1.29, 1.82) is 0 Å². The van der Waals surface area contributed by atoms with E-state index in [1.54, 1.807) is 17.0 Å². The average molecular weight is 275 g/mol. The fourth-order valence-electron chi connectivity index (χ4n) is 1.73. The van der Waals surface area contributed by atoms with Crippen LogP contribution in [0.25, 0.3) is 11.4 Å². The van der Waals surface area contributed by atoms with Crippen LogP contribution in [0.3, 0.4) is 0 Å². The summed E-state index contributed by atoms with van der Waals surface area (Å²) in [5.41, 5.74) is 1.34. The number of rotatable bonds is 4. The highest BCUT2D eigenvalue weighted by atomic mass is 19.1. The summed E-state index contributed by atoms with van der Waals surface area (Å²) in [5, 5.41) is 3.04. The van der Waals surface area contributed by atoms with Gasteiger partial charge in [-0.25, -0.2) is 4.39 Å². The Morgan fingerprint density at radius 2 is 1.95 bits per heavy atom. The minimum absolute atomic E-state index is 0.334. The number of anilines is 2. The molecule has 0 saturated carbocycles. The van der Waals surface area contributed by atoms with E-state index in [0.29, 0.717) is 29.8 Å². The van der Waals surface area contributed by atoms with Gasteiger partial charge < -0.3 is 10.2 Å². The first kappa shape index (κ1) is 14.2. The van der Waals surface area contributed by atoms with E-state index in [0.717, 1.165) is 5.56 Å². The number of benzene rings is 1. The van der Waals surface area contributed by atoms with E-state index < -0.39 is 0 Å². The molecule has 1 aromatic carbocycles. The van der Waals surface area contributed by atoms with Crippen LogP contribution >= 0.6 is 0 Å². The molecule has 1 aromatic heterocycles. The Balaban J connectivity index is 2.57. The molecule has 0 atom stereocenters. The molecule has 0 radical (unpaired) electrons. The van der Waals surface area contributed by atoms with Gasteiger partial charge in [-0.05, 0) is 26.0 Å². The summed E-state index contributed by atoms with van der Waals surface area (Å²) < 4.78 is 14.0. The Labute approximate surface area is 117 Å². The van der Waals surface area contributed by atoms with Crippen molar-refractivity contribution in [3.05, 3.63) is 29.6 Å². The fourth-order valence-corrected chi connectivity index (χ4v) is 1.73. The maximum absolute atomic E-state index is 14.0. The maximum atomic E-state index is 14.0. The molecular formula is C14H18FN5. The summed E-state index contributed by atoms with van der Waals surface area (Å²) in [4.78, 5) is 14.6. The molecule has 0 fully saturated rings. The van der Waals surface area contributed by atoms with Crippen LogP contribution < -0.4 is 10.2 Å². The summed E-state index contributed by atoms with van der Waals surface area (Å²) in [6, 6.07) is 4.88. The van der Waals surface area contributed by atoms with Crippen molar-refractivity contribution < 1.29 is 4.39 Å². The molecule has 0 bridgehead atoms. The zero-order valence-electron chi connectivity index (χ0n) is 12.1. The van der Waals surface area contributed by atoms with E-state index in [-0.39, 0.29) is 5.82 Å². The van der Waals surface area contributed by atoms with E-state index in [1.165, 1.54) is 6.07 Å². The lowest BCUT2D eigenvalue weighted by Gasteiger charge is -2.13.